The lowest BCUT2D eigenvalue weighted by Gasteiger charge is -2.44. The van der Waals surface area contributed by atoms with Gasteiger partial charge in [-0.1, -0.05) is 25.5 Å². The number of guanidine groups is 1. The lowest BCUT2D eigenvalue weighted by Crippen LogP contribution is -2.53. The van der Waals surface area contributed by atoms with E-state index in [0.717, 1.165) is 44.9 Å². The summed E-state index contributed by atoms with van der Waals surface area (Å²) in [6.45, 7) is 5.10. The zero-order valence-corrected chi connectivity index (χ0v) is 16.8. The predicted octanol–water partition coefficient (Wildman–Crippen LogP) is 3.60. The second kappa shape index (κ2) is 7.94. The summed E-state index contributed by atoms with van der Waals surface area (Å²) in [5, 5.41) is 3.63. The monoisotopic (exact) mass is 383 g/mol. The minimum absolute atomic E-state index is 0.0937. The van der Waals surface area contributed by atoms with Crippen LogP contribution in [0.25, 0.3) is 0 Å². The number of benzene rings is 1. The zero-order valence-electron chi connectivity index (χ0n) is 16.8. The Bertz CT molecular complexity index is 795. The van der Waals surface area contributed by atoms with Crippen molar-refractivity contribution in [2.75, 3.05) is 26.7 Å². The summed E-state index contributed by atoms with van der Waals surface area (Å²) in [6, 6.07) is 7.44. The molecule has 2 aromatic rings. The Morgan fingerprint density at radius 1 is 1.32 bits per heavy atom. The number of halogens is 1. The molecule has 150 valence electrons. The van der Waals surface area contributed by atoms with Gasteiger partial charge in [-0.25, -0.2) is 9.37 Å². The molecule has 0 amide bonds. The van der Waals surface area contributed by atoms with Crippen molar-refractivity contribution < 1.29 is 4.39 Å². The molecule has 0 radical (unpaired) electrons. The van der Waals surface area contributed by atoms with Gasteiger partial charge in [0, 0.05) is 44.5 Å². The van der Waals surface area contributed by atoms with Crippen LogP contribution in [-0.4, -0.2) is 47.1 Å². The highest BCUT2D eigenvalue weighted by atomic mass is 19.1. The molecule has 1 aliphatic heterocycles. The second-order valence-corrected chi connectivity index (χ2v) is 8.33. The fourth-order valence-electron chi connectivity index (χ4n) is 4.65. The van der Waals surface area contributed by atoms with Crippen molar-refractivity contribution >= 4 is 5.96 Å². The lowest BCUT2D eigenvalue weighted by atomic mass is 9.64. The van der Waals surface area contributed by atoms with Crippen LogP contribution in [0.2, 0.25) is 0 Å². The molecule has 5 nitrogen and oxygen atoms in total. The highest BCUT2D eigenvalue weighted by molar-refractivity contribution is 5.80. The van der Waals surface area contributed by atoms with Crippen LogP contribution in [0.4, 0.5) is 4.39 Å². The molecule has 4 rings (SSSR count). The number of nitrogens with zero attached hydrogens (tertiary/aromatic N) is 4. The third-order valence-electron chi connectivity index (χ3n) is 6.69. The molecule has 28 heavy (non-hydrogen) atoms. The molecule has 1 saturated heterocycles. The first-order chi connectivity index (χ1) is 13.6. The first kappa shape index (κ1) is 19.0. The number of aliphatic imine (C=N–C) groups is 1. The van der Waals surface area contributed by atoms with Crippen LogP contribution in [-0.2, 0) is 5.41 Å². The van der Waals surface area contributed by atoms with E-state index in [-0.39, 0.29) is 11.2 Å². The molecule has 6 heteroatoms. The quantitative estimate of drug-likeness (QED) is 0.648. The molecule has 1 aliphatic carbocycles. The maximum Gasteiger partial charge on any atom is 0.193 e. The fraction of sp³-hybridized carbons (Fsp3) is 0.545. The van der Waals surface area contributed by atoms with Gasteiger partial charge in [0.15, 0.2) is 5.96 Å². The molecule has 2 heterocycles. The molecule has 1 aromatic carbocycles. The smallest absolute Gasteiger partial charge is 0.193 e. The molecule has 0 spiro atoms. The van der Waals surface area contributed by atoms with Gasteiger partial charge in [-0.05, 0) is 42.9 Å². The minimum Gasteiger partial charge on any atom is -0.355 e. The average molecular weight is 384 g/mol. The van der Waals surface area contributed by atoms with Crippen LogP contribution in [0.5, 0.6) is 0 Å². The molecule has 1 saturated carbocycles. The second-order valence-electron chi connectivity index (χ2n) is 8.33. The van der Waals surface area contributed by atoms with E-state index in [1.807, 2.05) is 31.7 Å². The standard InChI is InChI=1S/C22H30FN5/c1-17-8-12-27(14-20(17)28-13-11-25-16-28)21(24-2)26-15-22(9-3-10-22)18-4-6-19(23)7-5-18/h4-7,11,13,16-17,20H,3,8-10,12,14-15H2,1-2H3,(H,24,26). The average Bonchev–Trinajstić information content (AvgIpc) is 3.20. The number of rotatable bonds is 4. The van der Waals surface area contributed by atoms with Crippen LogP contribution in [0.1, 0.15) is 44.2 Å². The van der Waals surface area contributed by atoms with Crippen molar-refractivity contribution in [2.45, 2.75) is 44.1 Å². The summed E-state index contributed by atoms with van der Waals surface area (Å²) in [5.74, 6) is 1.40. The van der Waals surface area contributed by atoms with E-state index in [4.69, 9.17) is 0 Å². The van der Waals surface area contributed by atoms with Gasteiger partial charge >= 0.3 is 0 Å². The van der Waals surface area contributed by atoms with E-state index < -0.39 is 0 Å². The molecule has 2 atom stereocenters. The van der Waals surface area contributed by atoms with Gasteiger partial charge < -0.3 is 14.8 Å². The van der Waals surface area contributed by atoms with Crippen molar-refractivity contribution in [3.05, 3.63) is 54.4 Å². The largest absolute Gasteiger partial charge is 0.355 e. The van der Waals surface area contributed by atoms with E-state index in [1.165, 1.54) is 12.0 Å². The lowest BCUT2D eigenvalue weighted by molar-refractivity contribution is 0.185. The van der Waals surface area contributed by atoms with E-state index in [1.54, 1.807) is 12.1 Å². The topological polar surface area (TPSA) is 45.5 Å². The third-order valence-corrected chi connectivity index (χ3v) is 6.69. The van der Waals surface area contributed by atoms with Crippen molar-refractivity contribution in [3.63, 3.8) is 0 Å². The Hall–Kier alpha value is -2.37. The van der Waals surface area contributed by atoms with E-state index in [2.05, 4.69) is 37.9 Å². The van der Waals surface area contributed by atoms with E-state index in [0.29, 0.717) is 12.0 Å². The Kier molecular flexibility index (Phi) is 5.38. The Morgan fingerprint density at radius 3 is 2.71 bits per heavy atom. The molecule has 0 bridgehead atoms. The normalized spacial score (nSPS) is 24.7. The van der Waals surface area contributed by atoms with Crippen LogP contribution in [0, 0.1) is 11.7 Å². The van der Waals surface area contributed by atoms with Crippen molar-refractivity contribution in [1.29, 1.82) is 0 Å². The number of piperidine rings is 1. The van der Waals surface area contributed by atoms with Gasteiger partial charge in [-0.2, -0.15) is 0 Å². The van der Waals surface area contributed by atoms with Crippen LogP contribution in [0.3, 0.4) is 0 Å². The highest BCUT2D eigenvalue weighted by Gasteiger charge is 2.39. The van der Waals surface area contributed by atoms with Crippen LogP contribution < -0.4 is 5.32 Å². The van der Waals surface area contributed by atoms with Crippen molar-refractivity contribution in [1.82, 2.24) is 19.8 Å². The number of hydrogen-bond donors (Lipinski definition) is 1. The third kappa shape index (κ3) is 3.64. The van der Waals surface area contributed by atoms with E-state index in [9.17, 15) is 4.39 Å². The molecule has 2 fully saturated rings. The van der Waals surface area contributed by atoms with Crippen LogP contribution in [0.15, 0.2) is 48.0 Å². The summed E-state index contributed by atoms with van der Waals surface area (Å²) < 4.78 is 15.6. The SMILES string of the molecule is CN=C(NCC1(c2ccc(F)cc2)CCC1)N1CCC(C)C(n2ccnc2)C1. The minimum atomic E-state index is -0.171. The number of nitrogens with one attached hydrogen (secondary N) is 1. The summed E-state index contributed by atoms with van der Waals surface area (Å²) in [7, 11) is 1.86. The van der Waals surface area contributed by atoms with Gasteiger partial charge in [0.05, 0.1) is 12.4 Å². The summed E-state index contributed by atoms with van der Waals surface area (Å²) in [5.41, 5.74) is 1.32. The Labute approximate surface area is 166 Å². The number of likely N-dealkylation sites (tertiary alicyclic amines) is 1. The van der Waals surface area contributed by atoms with Gasteiger partial charge in [-0.15, -0.1) is 0 Å². The summed E-state index contributed by atoms with van der Waals surface area (Å²) in [4.78, 5) is 11.2. The molecular weight excluding hydrogens is 353 g/mol. The first-order valence-electron chi connectivity index (χ1n) is 10.3. The van der Waals surface area contributed by atoms with Crippen LogP contribution >= 0.6 is 0 Å². The van der Waals surface area contributed by atoms with Crippen molar-refractivity contribution in [3.8, 4) is 0 Å². The first-order valence-corrected chi connectivity index (χ1v) is 10.3. The van der Waals surface area contributed by atoms with Gasteiger partial charge in [0.2, 0.25) is 0 Å². The van der Waals surface area contributed by atoms with Gasteiger partial charge in [-0.3, -0.25) is 4.99 Å². The van der Waals surface area contributed by atoms with Crippen molar-refractivity contribution in [2.24, 2.45) is 10.9 Å². The number of aromatic nitrogens is 2. The zero-order chi connectivity index (χ0) is 19.6. The van der Waals surface area contributed by atoms with Gasteiger partial charge in [0.25, 0.3) is 0 Å². The molecule has 2 unspecified atom stereocenters. The fourth-order valence-corrected chi connectivity index (χ4v) is 4.65. The number of imidazole rings is 1. The van der Waals surface area contributed by atoms with E-state index >= 15 is 0 Å². The maximum absolute atomic E-state index is 13.3. The Balaban J connectivity index is 1.44. The molecule has 2 aliphatic rings. The Morgan fingerprint density at radius 2 is 2.11 bits per heavy atom. The summed E-state index contributed by atoms with van der Waals surface area (Å²) in [6.07, 6.45) is 10.4. The van der Waals surface area contributed by atoms with Gasteiger partial charge in [0.1, 0.15) is 5.82 Å². The predicted molar refractivity (Wildman–Crippen MR) is 110 cm³/mol. The number of hydrogen-bond acceptors (Lipinski definition) is 2. The molecular formula is C22H30FN5. The maximum atomic E-state index is 13.3. The highest BCUT2D eigenvalue weighted by Crippen LogP contribution is 2.43. The summed E-state index contributed by atoms with van der Waals surface area (Å²) >= 11 is 0. The molecule has 1 aromatic heterocycles. The molecule has 1 N–H and O–H groups in total.